The molecule has 4 nitrogen and oxygen atoms in total. The van der Waals surface area contributed by atoms with Gasteiger partial charge in [-0.15, -0.1) is 0 Å². The SMILES string of the molecule is CCCCSC1CCC(OS(=O)(=O)OC2CCC(SCCCC)CC2)CC1. The molecule has 0 unspecified atom stereocenters. The van der Waals surface area contributed by atoms with Crippen molar-refractivity contribution in [2.45, 2.75) is 114 Å². The van der Waals surface area contributed by atoms with Crippen molar-refractivity contribution < 1.29 is 16.8 Å². The zero-order chi connectivity index (χ0) is 19.5. The molecule has 0 heterocycles. The minimum atomic E-state index is -3.87. The highest BCUT2D eigenvalue weighted by atomic mass is 32.3. The van der Waals surface area contributed by atoms with Crippen molar-refractivity contribution in [1.82, 2.24) is 0 Å². The van der Waals surface area contributed by atoms with Crippen LogP contribution in [0.4, 0.5) is 0 Å². The summed E-state index contributed by atoms with van der Waals surface area (Å²) < 4.78 is 35.4. The molecule has 0 spiro atoms. The molecule has 2 aliphatic rings. The first kappa shape index (κ1) is 23.8. The Kier molecular flexibility index (Phi) is 11.5. The van der Waals surface area contributed by atoms with E-state index in [0.717, 1.165) is 51.4 Å². The molecule has 0 amide bonds. The predicted octanol–water partition coefficient (Wildman–Crippen LogP) is 5.95. The van der Waals surface area contributed by atoms with Crippen LogP contribution in [0.1, 0.15) is 90.9 Å². The van der Waals surface area contributed by atoms with E-state index in [9.17, 15) is 8.42 Å². The summed E-state index contributed by atoms with van der Waals surface area (Å²) in [5.74, 6) is 2.43. The van der Waals surface area contributed by atoms with Gasteiger partial charge in [-0.3, -0.25) is 0 Å². The van der Waals surface area contributed by atoms with Crippen LogP contribution in [0.25, 0.3) is 0 Å². The summed E-state index contributed by atoms with van der Waals surface area (Å²) in [7, 11) is -3.87. The summed E-state index contributed by atoms with van der Waals surface area (Å²) >= 11 is 4.08. The second kappa shape index (κ2) is 13.0. The average Bonchev–Trinajstić information content (AvgIpc) is 2.64. The lowest BCUT2D eigenvalue weighted by Gasteiger charge is -2.30. The lowest BCUT2D eigenvalue weighted by molar-refractivity contribution is 0.0897. The monoisotopic (exact) mass is 438 g/mol. The molecule has 0 saturated heterocycles. The number of unbranched alkanes of at least 4 members (excludes halogenated alkanes) is 2. The van der Waals surface area contributed by atoms with Crippen molar-refractivity contribution >= 4 is 33.9 Å². The van der Waals surface area contributed by atoms with E-state index in [1.807, 2.05) is 23.5 Å². The molecule has 0 aromatic carbocycles. The number of hydrogen-bond acceptors (Lipinski definition) is 6. The van der Waals surface area contributed by atoms with Crippen LogP contribution in [0, 0.1) is 0 Å². The Balaban J connectivity index is 1.63. The second-order valence-electron chi connectivity index (χ2n) is 7.85. The maximum absolute atomic E-state index is 12.3. The van der Waals surface area contributed by atoms with Gasteiger partial charge in [-0.05, 0) is 75.7 Å². The van der Waals surface area contributed by atoms with Gasteiger partial charge in [-0.25, -0.2) is 8.37 Å². The predicted molar refractivity (Wildman–Crippen MR) is 118 cm³/mol. The zero-order valence-corrected chi connectivity index (χ0v) is 19.5. The molecule has 0 aromatic heterocycles. The van der Waals surface area contributed by atoms with Crippen LogP contribution in [0.15, 0.2) is 0 Å². The molecule has 2 saturated carbocycles. The van der Waals surface area contributed by atoms with E-state index in [4.69, 9.17) is 8.37 Å². The Bertz CT molecular complexity index is 443. The van der Waals surface area contributed by atoms with Crippen LogP contribution in [0.2, 0.25) is 0 Å². The molecular weight excluding hydrogens is 400 g/mol. The van der Waals surface area contributed by atoms with E-state index in [1.165, 1.54) is 37.2 Å². The molecular formula is C20H38O4S3. The summed E-state index contributed by atoms with van der Waals surface area (Å²) in [4.78, 5) is 0. The maximum Gasteiger partial charge on any atom is 0.400 e. The molecule has 2 rings (SSSR count). The minimum absolute atomic E-state index is 0.195. The first-order chi connectivity index (χ1) is 13.0. The fourth-order valence-electron chi connectivity index (χ4n) is 3.73. The molecule has 0 atom stereocenters. The molecule has 2 fully saturated rings. The van der Waals surface area contributed by atoms with Crippen LogP contribution in [-0.4, -0.2) is 42.6 Å². The molecule has 160 valence electrons. The van der Waals surface area contributed by atoms with Crippen LogP contribution >= 0.6 is 23.5 Å². The molecule has 27 heavy (non-hydrogen) atoms. The van der Waals surface area contributed by atoms with E-state index >= 15 is 0 Å². The van der Waals surface area contributed by atoms with Gasteiger partial charge in [-0.1, -0.05) is 26.7 Å². The van der Waals surface area contributed by atoms with Gasteiger partial charge in [0.25, 0.3) is 0 Å². The van der Waals surface area contributed by atoms with E-state index in [2.05, 4.69) is 13.8 Å². The van der Waals surface area contributed by atoms with Gasteiger partial charge in [0.05, 0.1) is 12.2 Å². The highest BCUT2D eigenvalue weighted by Crippen LogP contribution is 2.33. The normalized spacial score (nSPS) is 29.7. The number of hydrogen-bond donors (Lipinski definition) is 0. The Hall–Kier alpha value is 0.570. The quantitative estimate of drug-likeness (QED) is 0.351. The van der Waals surface area contributed by atoms with Crippen LogP contribution in [0.3, 0.4) is 0 Å². The lowest BCUT2D eigenvalue weighted by atomic mass is 9.97. The smallest absolute Gasteiger partial charge is 0.245 e. The Morgan fingerprint density at radius 2 is 1.07 bits per heavy atom. The lowest BCUT2D eigenvalue weighted by Crippen LogP contribution is -2.30. The van der Waals surface area contributed by atoms with Gasteiger partial charge >= 0.3 is 10.4 Å². The number of rotatable bonds is 12. The zero-order valence-electron chi connectivity index (χ0n) is 17.1. The largest absolute Gasteiger partial charge is 0.400 e. The van der Waals surface area contributed by atoms with Gasteiger partial charge in [0.1, 0.15) is 0 Å². The van der Waals surface area contributed by atoms with Crippen LogP contribution in [0.5, 0.6) is 0 Å². The van der Waals surface area contributed by atoms with E-state index in [0.29, 0.717) is 10.5 Å². The van der Waals surface area contributed by atoms with Crippen molar-refractivity contribution in [3.05, 3.63) is 0 Å². The Labute approximate surface area is 175 Å². The van der Waals surface area contributed by atoms with E-state index in [1.54, 1.807) is 0 Å². The summed E-state index contributed by atoms with van der Waals surface area (Å²) in [5, 5.41) is 1.33. The van der Waals surface area contributed by atoms with Gasteiger partial charge in [-0.2, -0.15) is 31.9 Å². The minimum Gasteiger partial charge on any atom is -0.245 e. The third kappa shape index (κ3) is 9.75. The first-order valence-electron chi connectivity index (χ1n) is 10.9. The standard InChI is InChI=1S/C20H38O4S3/c1-3-5-15-25-19-11-7-17(8-12-19)23-27(21,22)24-18-9-13-20(14-10-18)26-16-6-4-2/h17-20H,3-16H2,1-2H3. The fraction of sp³-hybridized carbons (Fsp3) is 1.00. The third-order valence-corrected chi connectivity index (χ3v) is 9.40. The van der Waals surface area contributed by atoms with Gasteiger partial charge in [0.15, 0.2) is 0 Å². The maximum atomic E-state index is 12.3. The summed E-state index contributed by atoms with van der Waals surface area (Å²) in [6.45, 7) is 4.43. The summed E-state index contributed by atoms with van der Waals surface area (Å²) in [6.07, 6.45) is 12.1. The van der Waals surface area contributed by atoms with Crippen molar-refractivity contribution in [2.75, 3.05) is 11.5 Å². The van der Waals surface area contributed by atoms with E-state index < -0.39 is 10.4 Å². The van der Waals surface area contributed by atoms with Crippen LogP contribution < -0.4 is 0 Å². The van der Waals surface area contributed by atoms with Crippen molar-refractivity contribution in [3.8, 4) is 0 Å². The highest BCUT2D eigenvalue weighted by Gasteiger charge is 2.30. The molecule has 0 N–H and O–H groups in total. The van der Waals surface area contributed by atoms with Gasteiger partial charge in [0.2, 0.25) is 0 Å². The number of thioether (sulfide) groups is 2. The molecule has 0 aromatic rings. The topological polar surface area (TPSA) is 52.6 Å². The van der Waals surface area contributed by atoms with Crippen molar-refractivity contribution in [1.29, 1.82) is 0 Å². The third-order valence-electron chi connectivity index (χ3n) is 5.45. The molecule has 7 heteroatoms. The second-order valence-corrected chi connectivity index (χ2v) is 11.9. The van der Waals surface area contributed by atoms with Crippen molar-refractivity contribution in [2.24, 2.45) is 0 Å². The average molecular weight is 439 g/mol. The Morgan fingerprint density at radius 1 is 0.704 bits per heavy atom. The first-order valence-corrected chi connectivity index (χ1v) is 14.3. The molecule has 0 radical (unpaired) electrons. The summed E-state index contributed by atoms with van der Waals surface area (Å²) in [6, 6.07) is 0. The molecule has 0 bridgehead atoms. The molecule has 2 aliphatic carbocycles. The Morgan fingerprint density at radius 3 is 1.41 bits per heavy atom. The van der Waals surface area contributed by atoms with Crippen LogP contribution in [-0.2, 0) is 18.8 Å². The fourth-order valence-corrected chi connectivity index (χ4v) is 7.62. The van der Waals surface area contributed by atoms with Gasteiger partial charge < -0.3 is 0 Å². The van der Waals surface area contributed by atoms with Crippen molar-refractivity contribution in [3.63, 3.8) is 0 Å². The highest BCUT2D eigenvalue weighted by molar-refractivity contribution is 8.00. The summed E-state index contributed by atoms with van der Waals surface area (Å²) in [5.41, 5.74) is 0. The van der Waals surface area contributed by atoms with Gasteiger partial charge in [0, 0.05) is 10.5 Å². The molecule has 0 aliphatic heterocycles. The van der Waals surface area contributed by atoms with E-state index in [-0.39, 0.29) is 12.2 Å².